The smallest absolute Gasteiger partial charge is 0.248 e. The molecule has 2 amide bonds. The van der Waals surface area contributed by atoms with E-state index in [1.54, 1.807) is 30.5 Å². The van der Waals surface area contributed by atoms with Gasteiger partial charge in [0.2, 0.25) is 17.6 Å². The highest BCUT2D eigenvalue weighted by Gasteiger charge is 2.27. The lowest BCUT2D eigenvalue weighted by Gasteiger charge is -2.25. The van der Waals surface area contributed by atoms with Crippen molar-refractivity contribution in [1.29, 1.82) is 0 Å². The molecular formula is C22H25N5O3S. The van der Waals surface area contributed by atoms with Crippen molar-refractivity contribution in [3.05, 3.63) is 48.2 Å². The number of furan rings is 1. The van der Waals surface area contributed by atoms with Crippen LogP contribution in [0.15, 0.2) is 52.2 Å². The molecule has 0 aliphatic heterocycles. The standard InChI is InChI=1S/C22H25N5O3S/c1-14(21(29)24-16-11-9-15(10-12-16)19(23)28)31-22-26-25-20(18-8-5-13-30-18)27(22)17-6-3-2-4-7-17/h5,8-14,17H,2-4,6-7H2,1H3,(H2,23,28)(H,24,29)/t14-/m0/s1. The number of nitrogens with two attached hydrogens (primary N) is 1. The highest BCUT2D eigenvalue weighted by atomic mass is 32.2. The summed E-state index contributed by atoms with van der Waals surface area (Å²) in [6.45, 7) is 1.84. The first kappa shape index (κ1) is 21.2. The van der Waals surface area contributed by atoms with Crippen molar-refractivity contribution in [3.8, 4) is 11.6 Å². The number of nitrogens with zero attached hydrogens (tertiary/aromatic N) is 3. The second-order valence-corrected chi connectivity index (χ2v) is 8.94. The minimum absolute atomic E-state index is 0.158. The first-order chi connectivity index (χ1) is 15.0. The molecule has 1 aliphatic rings. The minimum atomic E-state index is -0.504. The summed E-state index contributed by atoms with van der Waals surface area (Å²) in [6.07, 6.45) is 7.33. The number of aromatic nitrogens is 3. The van der Waals surface area contributed by atoms with Gasteiger partial charge in [0, 0.05) is 17.3 Å². The Labute approximate surface area is 184 Å². The molecule has 1 aromatic carbocycles. The van der Waals surface area contributed by atoms with Crippen LogP contribution >= 0.6 is 11.8 Å². The fourth-order valence-electron chi connectivity index (χ4n) is 3.77. The highest BCUT2D eigenvalue weighted by Crippen LogP contribution is 2.36. The Kier molecular flexibility index (Phi) is 6.41. The van der Waals surface area contributed by atoms with Crippen molar-refractivity contribution in [3.63, 3.8) is 0 Å². The average Bonchev–Trinajstić information content (AvgIpc) is 3.44. The van der Waals surface area contributed by atoms with Crippen molar-refractivity contribution in [1.82, 2.24) is 14.8 Å². The van der Waals surface area contributed by atoms with E-state index in [1.807, 2.05) is 19.1 Å². The number of nitrogens with one attached hydrogen (secondary N) is 1. The molecule has 0 unspecified atom stereocenters. The molecule has 31 heavy (non-hydrogen) atoms. The van der Waals surface area contributed by atoms with E-state index >= 15 is 0 Å². The lowest BCUT2D eigenvalue weighted by molar-refractivity contribution is -0.115. The van der Waals surface area contributed by atoms with Crippen LogP contribution in [0.4, 0.5) is 5.69 Å². The van der Waals surface area contributed by atoms with E-state index in [4.69, 9.17) is 10.2 Å². The average molecular weight is 440 g/mol. The molecule has 2 heterocycles. The quantitative estimate of drug-likeness (QED) is 0.531. The fourth-order valence-corrected chi connectivity index (χ4v) is 4.69. The van der Waals surface area contributed by atoms with Crippen molar-refractivity contribution >= 4 is 29.3 Å². The number of carbonyl (C=O) groups excluding carboxylic acids is 2. The third kappa shape index (κ3) is 4.82. The fraction of sp³-hybridized carbons (Fsp3) is 0.364. The van der Waals surface area contributed by atoms with Crippen LogP contribution in [-0.4, -0.2) is 31.8 Å². The van der Waals surface area contributed by atoms with Gasteiger partial charge in [0.1, 0.15) is 0 Å². The molecule has 1 saturated carbocycles. The van der Waals surface area contributed by atoms with Crippen LogP contribution in [0.3, 0.4) is 0 Å². The summed E-state index contributed by atoms with van der Waals surface area (Å²) in [5.74, 6) is 0.719. The van der Waals surface area contributed by atoms with Crippen LogP contribution in [0.5, 0.6) is 0 Å². The summed E-state index contributed by atoms with van der Waals surface area (Å²) < 4.78 is 7.71. The Morgan fingerprint density at radius 2 is 1.90 bits per heavy atom. The van der Waals surface area contributed by atoms with Gasteiger partial charge in [-0.1, -0.05) is 31.0 Å². The van der Waals surface area contributed by atoms with Gasteiger partial charge in [-0.25, -0.2) is 0 Å². The monoisotopic (exact) mass is 439 g/mol. The molecule has 0 radical (unpaired) electrons. The van der Waals surface area contributed by atoms with Gasteiger partial charge in [-0.3, -0.25) is 14.2 Å². The number of thioether (sulfide) groups is 1. The van der Waals surface area contributed by atoms with Crippen LogP contribution in [0.25, 0.3) is 11.6 Å². The molecule has 9 heteroatoms. The van der Waals surface area contributed by atoms with Crippen molar-refractivity contribution in [2.24, 2.45) is 5.73 Å². The number of primary amides is 1. The summed E-state index contributed by atoms with van der Waals surface area (Å²) in [6, 6.07) is 10.5. The Balaban J connectivity index is 1.51. The van der Waals surface area contributed by atoms with Crippen molar-refractivity contribution in [2.75, 3.05) is 5.32 Å². The predicted molar refractivity (Wildman–Crippen MR) is 119 cm³/mol. The van der Waals surface area contributed by atoms with Gasteiger partial charge >= 0.3 is 0 Å². The Morgan fingerprint density at radius 1 is 1.16 bits per heavy atom. The zero-order valence-corrected chi connectivity index (χ0v) is 18.1. The van der Waals surface area contributed by atoms with E-state index in [0.29, 0.717) is 34.0 Å². The number of anilines is 1. The first-order valence-corrected chi connectivity index (χ1v) is 11.3. The van der Waals surface area contributed by atoms with Gasteiger partial charge in [-0.2, -0.15) is 0 Å². The number of carbonyl (C=O) groups is 2. The topological polar surface area (TPSA) is 116 Å². The lowest BCUT2D eigenvalue weighted by atomic mass is 9.95. The van der Waals surface area contributed by atoms with E-state index in [2.05, 4.69) is 20.1 Å². The maximum absolute atomic E-state index is 12.8. The second-order valence-electron chi connectivity index (χ2n) is 7.64. The maximum atomic E-state index is 12.8. The van der Waals surface area contributed by atoms with Crippen LogP contribution in [0.2, 0.25) is 0 Å². The molecule has 3 aromatic rings. The molecule has 0 bridgehead atoms. The molecule has 1 fully saturated rings. The van der Waals surface area contributed by atoms with E-state index in [0.717, 1.165) is 12.8 Å². The molecule has 2 aromatic heterocycles. The number of hydrogen-bond donors (Lipinski definition) is 2. The van der Waals surface area contributed by atoms with Gasteiger partial charge in [0.15, 0.2) is 10.9 Å². The van der Waals surface area contributed by atoms with Crippen molar-refractivity contribution in [2.45, 2.75) is 55.5 Å². The molecular weight excluding hydrogens is 414 g/mol. The van der Waals surface area contributed by atoms with Crippen LogP contribution in [-0.2, 0) is 4.79 Å². The Hall–Kier alpha value is -3.07. The number of rotatable bonds is 7. The van der Waals surface area contributed by atoms with Gasteiger partial charge < -0.3 is 15.5 Å². The summed E-state index contributed by atoms with van der Waals surface area (Å²) in [5, 5.41) is 12.0. The van der Waals surface area contributed by atoms with E-state index in [1.165, 1.54) is 31.0 Å². The SMILES string of the molecule is C[C@H](Sc1nnc(-c2ccco2)n1C1CCCCC1)C(=O)Nc1ccc(C(N)=O)cc1. The van der Waals surface area contributed by atoms with Gasteiger partial charge in [-0.15, -0.1) is 10.2 Å². The normalized spacial score (nSPS) is 15.5. The third-order valence-corrected chi connectivity index (χ3v) is 6.49. The lowest BCUT2D eigenvalue weighted by Crippen LogP contribution is -2.23. The number of amides is 2. The van der Waals surface area contributed by atoms with E-state index in [9.17, 15) is 9.59 Å². The summed E-state index contributed by atoms with van der Waals surface area (Å²) in [4.78, 5) is 24.0. The molecule has 1 atom stereocenters. The van der Waals surface area contributed by atoms with Crippen LogP contribution in [0.1, 0.15) is 55.4 Å². The minimum Gasteiger partial charge on any atom is -0.461 e. The largest absolute Gasteiger partial charge is 0.461 e. The number of hydrogen-bond acceptors (Lipinski definition) is 6. The number of benzene rings is 1. The Bertz CT molecular complexity index is 1040. The molecule has 162 valence electrons. The predicted octanol–water partition coefficient (Wildman–Crippen LogP) is 4.26. The molecule has 0 spiro atoms. The maximum Gasteiger partial charge on any atom is 0.248 e. The molecule has 0 saturated heterocycles. The van der Waals surface area contributed by atoms with Gasteiger partial charge in [-0.05, 0) is 56.2 Å². The zero-order chi connectivity index (χ0) is 21.8. The molecule has 1 aliphatic carbocycles. The van der Waals surface area contributed by atoms with Gasteiger partial charge in [0.05, 0.1) is 11.5 Å². The van der Waals surface area contributed by atoms with E-state index < -0.39 is 11.2 Å². The van der Waals surface area contributed by atoms with E-state index in [-0.39, 0.29) is 5.91 Å². The first-order valence-electron chi connectivity index (χ1n) is 10.4. The molecule has 8 nitrogen and oxygen atoms in total. The summed E-state index contributed by atoms with van der Waals surface area (Å²) in [5.41, 5.74) is 6.26. The molecule has 3 N–H and O–H groups in total. The van der Waals surface area contributed by atoms with Crippen LogP contribution < -0.4 is 11.1 Å². The molecule has 4 rings (SSSR count). The third-order valence-electron chi connectivity index (χ3n) is 5.43. The van der Waals surface area contributed by atoms with Crippen molar-refractivity contribution < 1.29 is 14.0 Å². The Morgan fingerprint density at radius 3 is 2.55 bits per heavy atom. The van der Waals surface area contributed by atoms with Crippen LogP contribution in [0, 0.1) is 0 Å². The highest BCUT2D eigenvalue weighted by molar-refractivity contribution is 8.00. The van der Waals surface area contributed by atoms with Gasteiger partial charge in [0.25, 0.3) is 0 Å². The summed E-state index contributed by atoms with van der Waals surface area (Å²) in [7, 11) is 0. The zero-order valence-electron chi connectivity index (χ0n) is 17.3. The summed E-state index contributed by atoms with van der Waals surface area (Å²) >= 11 is 1.38. The second kappa shape index (κ2) is 9.38.